The second-order valence-electron chi connectivity index (χ2n) is 22.6. The van der Waals surface area contributed by atoms with Gasteiger partial charge in [-0.15, -0.1) is 0 Å². The number of nitrogens with zero attached hydrogens (tertiary/aromatic N) is 4. The number of rotatable bonds is 18. The average Bonchev–Trinajstić information content (AvgIpc) is 4.31. The van der Waals surface area contributed by atoms with Crippen molar-refractivity contribution in [2.24, 2.45) is 29.4 Å². The number of carbonyl (C=O) groups excluding carboxylic acids is 7. The molecular weight excluding hydrogens is 1070 g/mol. The highest BCUT2D eigenvalue weighted by Gasteiger charge is 2.42. The van der Waals surface area contributed by atoms with E-state index in [4.69, 9.17) is 55.2 Å². The highest BCUT2D eigenvalue weighted by Crippen LogP contribution is 2.26. The largest absolute Gasteiger partial charge is 0.486 e. The summed E-state index contributed by atoms with van der Waals surface area (Å²) in [5.41, 5.74) is 7.73. The number of furan rings is 2. The van der Waals surface area contributed by atoms with Gasteiger partial charge in [0.2, 0.25) is 6.23 Å². The summed E-state index contributed by atoms with van der Waals surface area (Å²) in [5, 5.41) is 0. The van der Waals surface area contributed by atoms with Gasteiger partial charge < -0.3 is 56.9 Å². The second kappa shape index (κ2) is 30.7. The van der Waals surface area contributed by atoms with Crippen LogP contribution in [0.5, 0.6) is 11.5 Å². The molecule has 1 saturated heterocycles. The van der Waals surface area contributed by atoms with Gasteiger partial charge in [-0.2, -0.15) is 0 Å². The molecule has 448 valence electrons. The Balaban J connectivity index is 1.57. The lowest BCUT2D eigenvalue weighted by atomic mass is 10.00. The van der Waals surface area contributed by atoms with Crippen LogP contribution in [0.3, 0.4) is 0 Å². The van der Waals surface area contributed by atoms with Crippen molar-refractivity contribution in [3.63, 3.8) is 0 Å². The van der Waals surface area contributed by atoms with Crippen LogP contribution in [0.15, 0.2) is 94.2 Å². The van der Waals surface area contributed by atoms with Crippen molar-refractivity contribution in [3.8, 4) is 11.5 Å². The highest BCUT2D eigenvalue weighted by molar-refractivity contribution is 7.80. The Labute approximate surface area is 487 Å². The molecular formula is C61H83N5O15S. The summed E-state index contributed by atoms with van der Waals surface area (Å²) in [4.78, 5) is 107. The summed E-state index contributed by atoms with van der Waals surface area (Å²) >= 11 is 5.84. The van der Waals surface area contributed by atoms with Crippen LogP contribution in [0.25, 0.3) is 0 Å². The van der Waals surface area contributed by atoms with Crippen LogP contribution in [-0.2, 0) is 78.6 Å². The number of amides is 3. The maximum atomic E-state index is 15.0. The predicted octanol–water partition coefficient (Wildman–Crippen LogP) is 7.71. The van der Waals surface area contributed by atoms with Crippen LogP contribution in [0.4, 0.5) is 0 Å². The van der Waals surface area contributed by atoms with E-state index in [2.05, 4.69) is 0 Å². The Morgan fingerprint density at radius 1 is 0.476 bits per heavy atom. The molecule has 0 saturated carbocycles. The molecule has 21 heteroatoms. The molecule has 1 fully saturated rings. The fourth-order valence-corrected chi connectivity index (χ4v) is 9.49. The molecule has 5 rings (SSSR count). The number of likely N-dealkylation sites (N-methyl/N-ethyl adjacent to an activating group) is 4. The molecule has 1 aliphatic rings. The summed E-state index contributed by atoms with van der Waals surface area (Å²) in [6, 6.07) is 15.6. The lowest BCUT2D eigenvalue weighted by Crippen LogP contribution is -2.55. The Kier molecular flexibility index (Phi) is 24.5. The molecule has 0 aliphatic carbocycles. The van der Waals surface area contributed by atoms with E-state index < -0.39 is 90.3 Å². The van der Waals surface area contributed by atoms with Crippen molar-refractivity contribution in [1.82, 2.24) is 19.6 Å². The molecule has 3 heterocycles. The molecule has 0 unspecified atom stereocenters. The maximum Gasteiger partial charge on any atom is 0.330 e. The van der Waals surface area contributed by atoms with Crippen LogP contribution in [-0.4, -0.2) is 143 Å². The molecule has 3 amide bonds. The Morgan fingerprint density at radius 3 is 1.15 bits per heavy atom. The molecule has 82 heavy (non-hydrogen) atoms. The van der Waals surface area contributed by atoms with E-state index in [1.165, 1.54) is 46.3 Å². The fraction of sp³-hybridized carbons (Fsp3) is 0.541. The zero-order valence-electron chi connectivity index (χ0n) is 49.6. The van der Waals surface area contributed by atoms with Crippen molar-refractivity contribution in [2.75, 3.05) is 28.2 Å². The zero-order valence-corrected chi connectivity index (χ0v) is 50.4. The number of thiocarbonyl (C=S) groups is 1. The van der Waals surface area contributed by atoms with E-state index in [1.54, 1.807) is 79.1 Å². The van der Waals surface area contributed by atoms with Crippen molar-refractivity contribution in [3.05, 3.63) is 108 Å². The minimum Gasteiger partial charge on any atom is -0.486 e. The third kappa shape index (κ3) is 18.9. The van der Waals surface area contributed by atoms with E-state index >= 15 is 0 Å². The smallest absolute Gasteiger partial charge is 0.330 e. The first-order valence-electron chi connectivity index (χ1n) is 27.9. The van der Waals surface area contributed by atoms with Gasteiger partial charge in [0.25, 0.3) is 17.7 Å². The third-order valence-corrected chi connectivity index (χ3v) is 14.5. The zero-order chi connectivity index (χ0) is 60.5. The van der Waals surface area contributed by atoms with E-state index in [0.29, 0.717) is 34.1 Å². The number of carbonyl (C=O) groups is 7. The molecule has 4 aromatic rings. The number of hydrogen-bond donors (Lipinski definition) is 1. The van der Waals surface area contributed by atoms with Gasteiger partial charge in [-0.3, -0.25) is 20.1 Å². The van der Waals surface area contributed by atoms with E-state index in [-0.39, 0.29) is 80.4 Å². The number of ether oxygens (including phenoxy) is 6. The van der Waals surface area contributed by atoms with Crippen LogP contribution in [0.1, 0.15) is 111 Å². The molecule has 2 aromatic heterocycles. The maximum absolute atomic E-state index is 15.0. The van der Waals surface area contributed by atoms with Crippen LogP contribution >= 0.6 is 12.2 Å². The molecule has 1 aliphatic heterocycles. The minimum absolute atomic E-state index is 0.0702. The second-order valence-corrected chi connectivity index (χ2v) is 23.0. The van der Waals surface area contributed by atoms with Gasteiger partial charge in [0.1, 0.15) is 65.4 Å². The lowest BCUT2D eigenvalue weighted by Gasteiger charge is -2.36. The minimum atomic E-state index is -1.63. The number of esters is 4. The molecule has 2 N–H and O–H groups in total. The number of cyclic esters (lactones) is 4. The Morgan fingerprint density at radius 2 is 0.805 bits per heavy atom. The summed E-state index contributed by atoms with van der Waals surface area (Å²) in [7, 11) is 5.66. The molecule has 2 aromatic carbocycles. The van der Waals surface area contributed by atoms with Gasteiger partial charge in [0.05, 0.1) is 12.5 Å². The molecule has 20 nitrogen and oxygen atoms in total. The van der Waals surface area contributed by atoms with Crippen molar-refractivity contribution < 1.29 is 70.8 Å². The van der Waals surface area contributed by atoms with Crippen LogP contribution < -0.4 is 15.2 Å². The summed E-state index contributed by atoms with van der Waals surface area (Å²) < 4.78 is 46.7. The normalized spacial score (nSPS) is 22.9. The van der Waals surface area contributed by atoms with Gasteiger partial charge in [-0.05, 0) is 116 Å². The fourth-order valence-electron chi connectivity index (χ4n) is 9.32. The summed E-state index contributed by atoms with van der Waals surface area (Å²) in [6.07, 6.45) is -3.09. The summed E-state index contributed by atoms with van der Waals surface area (Å²) in [6.45, 7) is 16.5. The monoisotopic (exact) mass is 1160 g/mol. The third-order valence-electron chi connectivity index (χ3n) is 13.9. The molecule has 0 spiro atoms. The number of nitrogens with two attached hydrogens (primary N) is 1. The molecule has 8 atom stereocenters. The van der Waals surface area contributed by atoms with Gasteiger partial charge in [0.15, 0.2) is 18.3 Å². The Hall–Kier alpha value is -7.26. The lowest BCUT2D eigenvalue weighted by molar-refractivity contribution is -0.174. The van der Waals surface area contributed by atoms with E-state index in [0.717, 1.165) is 14.7 Å². The quantitative estimate of drug-likeness (QED) is 0.0570. The van der Waals surface area contributed by atoms with E-state index in [9.17, 15) is 33.6 Å². The average molecular weight is 1160 g/mol. The summed E-state index contributed by atoms with van der Waals surface area (Å²) in [5.74, 6) is -4.44. The highest BCUT2D eigenvalue weighted by atomic mass is 32.1. The van der Waals surface area contributed by atoms with Crippen molar-refractivity contribution >= 4 is 58.8 Å². The van der Waals surface area contributed by atoms with Gasteiger partial charge in [-0.1, -0.05) is 91.9 Å². The van der Waals surface area contributed by atoms with Crippen LogP contribution in [0, 0.1) is 23.7 Å². The Bertz CT molecular complexity index is 2530. The standard InChI is InChI=1S/C61H83N5O15S/c1-36(2)28-47-58(70)78-40(9)54(67)63(10)48(29-37(3)4)59(71)79-51(32-41-18-22-43(23-19-41)76-34-45-16-14-26-74-45)56(69)65(12)49(30-38(5)6)61(73)81-53(62)57(82)66(13)50(31-39(7)8)60(72)80-52(55(68)64(47)11)33-42-20-24-44(25-21-42)77-35-46-17-15-27-75-46/h14-27,36-40,47-53H,28-35,62H2,1-13H3/t40-,47+,48+,49+,50+,51-,52-,53+/m0/s1. The molecule has 0 bridgehead atoms. The van der Waals surface area contributed by atoms with Crippen LogP contribution in [0.2, 0.25) is 0 Å². The SMILES string of the molecule is CC(C)C[C@@H]1C(=O)O[C@@H](Cc2ccc(OCc3ccco3)cc2)C(=O)N(C)[C@H](CC(C)C)C(=O)O[C@@H](N)C(=S)N(C)[C@H](CC(C)C)C(=O)O[C@@H](Cc2ccc(OCc3ccco3)cc2)C(=O)N(C)[C@H](CC(C)C)C(=O)O[C@@H](C)C(=O)N1C. The molecule has 0 radical (unpaired) electrons. The topological polar surface area (TPSA) is 240 Å². The first kappa shape index (κ1) is 65.5. The van der Waals surface area contributed by atoms with Crippen molar-refractivity contribution in [1.29, 1.82) is 0 Å². The van der Waals surface area contributed by atoms with Gasteiger partial charge in [0, 0.05) is 41.0 Å². The predicted molar refractivity (Wildman–Crippen MR) is 307 cm³/mol. The number of benzene rings is 2. The van der Waals surface area contributed by atoms with Gasteiger partial charge in [-0.25, -0.2) is 19.2 Å². The van der Waals surface area contributed by atoms with Gasteiger partial charge >= 0.3 is 23.9 Å². The first-order chi connectivity index (χ1) is 38.7. The first-order valence-corrected chi connectivity index (χ1v) is 28.3. The van der Waals surface area contributed by atoms with E-state index in [1.807, 2.05) is 55.4 Å². The number of hydrogen-bond acceptors (Lipinski definition) is 17. The van der Waals surface area contributed by atoms with Crippen molar-refractivity contribution in [2.45, 2.75) is 163 Å².